The van der Waals surface area contributed by atoms with Gasteiger partial charge in [-0.05, 0) is 136 Å². The molecule has 0 atom stereocenters. The molecule has 0 bridgehead atoms. The number of nitrogens with zero attached hydrogens (tertiary/aromatic N) is 8. The molecule has 12 rings (SSSR count). The highest BCUT2D eigenvalue weighted by molar-refractivity contribution is 6.11. The Labute approximate surface area is 394 Å². The first kappa shape index (κ1) is 40.6. The molecule has 0 N–H and O–H groups in total. The summed E-state index contributed by atoms with van der Waals surface area (Å²) < 4.78 is 4.69. The Morgan fingerprint density at radius 3 is 1.00 bits per heavy atom. The van der Waals surface area contributed by atoms with Crippen LogP contribution in [0.25, 0.3) is 66.1 Å². The van der Waals surface area contributed by atoms with Crippen molar-refractivity contribution in [2.24, 2.45) is 0 Å². The molecule has 0 saturated heterocycles. The first-order valence-electron chi connectivity index (χ1n) is 23.0. The maximum absolute atomic E-state index is 5.00. The zero-order valence-corrected chi connectivity index (χ0v) is 38.2. The number of para-hydroxylation sites is 4. The lowest BCUT2D eigenvalue weighted by Gasteiger charge is -2.25. The molecule has 0 unspecified atom stereocenters. The summed E-state index contributed by atoms with van der Waals surface area (Å²) in [7, 11) is 0. The first-order chi connectivity index (χ1) is 33.3. The molecule has 0 aliphatic carbocycles. The highest BCUT2D eigenvalue weighted by Crippen LogP contribution is 2.42. The van der Waals surface area contributed by atoms with Crippen LogP contribution in [0.3, 0.4) is 0 Å². The van der Waals surface area contributed by atoms with Gasteiger partial charge in [0.25, 0.3) is 0 Å². The molecule has 4 heterocycles. The molecule has 0 spiro atoms. The van der Waals surface area contributed by atoms with Gasteiger partial charge in [-0.1, -0.05) is 109 Å². The van der Waals surface area contributed by atoms with Crippen molar-refractivity contribution in [3.8, 4) is 22.5 Å². The van der Waals surface area contributed by atoms with E-state index in [0.29, 0.717) is 11.9 Å². The summed E-state index contributed by atoms with van der Waals surface area (Å²) in [6.07, 6.45) is 0. The molecule has 0 amide bonds. The number of benzene rings is 8. The number of hydrogen-bond acceptors (Lipinski definition) is 6. The van der Waals surface area contributed by atoms with Gasteiger partial charge in [-0.3, -0.25) is 9.80 Å². The van der Waals surface area contributed by atoms with E-state index >= 15 is 0 Å². The van der Waals surface area contributed by atoms with Gasteiger partial charge in [0.05, 0.1) is 33.4 Å². The molecule has 12 aromatic rings. The minimum atomic E-state index is 0.623. The summed E-state index contributed by atoms with van der Waals surface area (Å²) in [6.45, 7) is 8.09. The molecule has 0 radical (unpaired) electrons. The number of anilines is 6. The maximum atomic E-state index is 5.00. The van der Waals surface area contributed by atoms with Crippen molar-refractivity contribution in [1.29, 1.82) is 0 Å². The Hall–Kier alpha value is -8.88. The van der Waals surface area contributed by atoms with Crippen molar-refractivity contribution in [2.75, 3.05) is 9.80 Å². The molecule has 0 fully saturated rings. The molecule has 4 aromatic heterocycles. The molecule has 68 heavy (non-hydrogen) atoms. The molecule has 8 nitrogen and oxygen atoms in total. The summed E-state index contributed by atoms with van der Waals surface area (Å²) in [5.74, 6) is 1.25. The van der Waals surface area contributed by atoms with Gasteiger partial charge in [0.1, 0.15) is 0 Å². The predicted molar refractivity (Wildman–Crippen MR) is 280 cm³/mol. The second kappa shape index (κ2) is 16.5. The average Bonchev–Trinajstić information content (AvgIpc) is 3.87. The van der Waals surface area contributed by atoms with Crippen LogP contribution in [0.5, 0.6) is 0 Å². The lowest BCUT2D eigenvalue weighted by molar-refractivity contribution is 1.01. The monoisotopic (exact) mass is 878 g/mol. The van der Waals surface area contributed by atoms with E-state index in [1.54, 1.807) is 0 Å². The zero-order chi connectivity index (χ0) is 45.9. The van der Waals surface area contributed by atoms with Gasteiger partial charge in [0.15, 0.2) is 0 Å². The van der Waals surface area contributed by atoms with Gasteiger partial charge >= 0.3 is 0 Å². The van der Waals surface area contributed by atoms with Gasteiger partial charge in [-0.2, -0.15) is 0 Å². The van der Waals surface area contributed by atoms with E-state index in [1.165, 1.54) is 21.5 Å². The van der Waals surface area contributed by atoms with Crippen LogP contribution in [0, 0.1) is 27.7 Å². The Kier molecular flexibility index (Phi) is 9.87. The smallest absolute Gasteiger partial charge is 0.235 e. The predicted octanol–water partition coefficient (Wildman–Crippen LogP) is 15.3. The number of aryl methyl sites for hydroxylation is 4. The quantitative estimate of drug-likeness (QED) is 0.144. The second-order valence-electron chi connectivity index (χ2n) is 17.4. The van der Waals surface area contributed by atoms with Gasteiger partial charge in [-0.15, -0.1) is 0 Å². The van der Waals surface area contributed by atoms with Crippen molar-refractivity contribution in [3.63, 3.8) is 0 Å². The molecule has 8 heteroatoms. The summed E-state index contributed by atoms with van der Waals surface area (Å²) in [5, 5.41) is 4.79. The fourth-order valence-electron chi connectivity index (χ4n) is 9.89. The van der Waals surface area contributed by atoms with Crippen LogP contribution in [0.2, 0.25) is 0 Å². The van der Waals surface area contributed by atoms with E-state index in [1.807, 2.05) is 39.8 Å². The summed E-state index contributed by atoms with van der Waals surface area (Å²) in [6, 6.07) is 73.1. The molecule has 0 aliphatic rings. The Morgan fingerprint density at radius 1 is 0.294 bits per heavy atom. The Bertz CT molecular complexity index is 3540. The Morgan fingerprint density at radius 2 is 0.618 bits per heavy atom. The number of hydrogen-bond donors (Lipinski definition) is 0. The van der Waals surface area contributed by atoms with Crippen molar-refractivity contribution in [3.05, 3.63) is 229 Å². The summed E-state index contributed by atoms with van der Waals surface area (Å²) in [4.78, 5) is 24.3. The van der Waals surface area contributed by atoms with Crippen LogP contribution >= 0.6 is 0 Å². The molecule has 8 aromatic carbocycles. The minimum Gasteiger partial charge on any atom is -0.309 e. The van der Waals surface area contributed by atoms with Gasteiger partial charge in [0, 0.05) is 67.1 Å². The van der Waals surface area contributed by atoms with Crippen LogP contribution in [0.4, 0.5) is 34.6 Å². The fraction of sp³-hybridized carbons (Fsp3) is 0.0667. The van der Waals surface area contributed by atoms with E-state index < -0.39 is 0 Å². The van der Waals surface area contributed by atoms with E-state index in [0.717, 1.165) is 90.1 Å². The number of rotatable bonds is 9. The summed E-state index contributed by atoms with van der Waals surface area (Å²) in [5.41, 5.74) is 16.4. The van der Waals surface area contributed by atoms with Crippen molar-refractivity contribution < 1.29 is 0 Å². The molecular formula is C60H46N8. The van der Waals surface area contributed by atoms with Crippen molar-refractivity contribution >= 4 is 78.3 Å². The van der Waals surface area contributed by atoms with Gasteiger partial charge in [0.2, 0.25) is 11.9 Å². The van der Waals surface area contributed by atoms with E-state index in [-0.39, 0.29) is 0 Å². The highest BCUT2D eigenvalue weighted by Gasteiger charge is 2.22. The normalized spacial score (nSPS) is 11.5. The van der Waals surface area contributed by atoms with Crippen molar-refractivity contribution in [1.82, 2.24) is 29.1 Å². The molecule has 0 saturated carbocycles. The SMILES string of the molecule is Cc1cc(C)nc(N(c2ccc(-c3ccc(N(c4ccc5c6ccccc6n(-c6ccccc6)c5c4)c4nc(C)cc(C)n4)cc3)cc2)c2ccc3c4ccccc4n(-c4ccccc4)c3c2)n1. The minimum absolute atomic E-state index is 0.623. The third-order valence-electron chi connectivity index (χ3n) is 12.8. The van der Waals surface area contributed by atoms with Crippen LogP contribution < -0.4 is 9.80 Å². The molecule has 0 aliphatic heterocycles. The van der Waals surface area contributed by atoms with Crippen LogP contribution in [-0.2, 0) is 0 Å². The summed E-state index contributed by atoms with van der Waals surface area (Å²) >= 11 is 0. The van der Waals surface area contributed by atoms with E-state index in [9.17, 15) is 0 Å². The number of fused-ring (bicyclic) bond motifs is 6. The molecular weight excluding hydrogens is 833 g/mol. The van der Waals surface area contributed by atoms with Gasteiger partial charge < -0.3 is 9.13 Å². The van der Waals surface area contributed by atoms with Crippen LogP contribution in [0.15, 0.2) is 206 Å². The fourth-order valence-corrected chi connectivity index (χ4v) is 9.89. The lowest BCUT2D eigenvalue weighted by atomic mass is 10.0. The second-order valence-corrected chi connectivity index (χ2v) is 17.4. The standard InChI is InChI=1S/C60H46N8/c1-39-35-40(2)62-59(61-39)65(49-31-33-53-51-19-11-13-21-55(51)67(57(53)37-49)45-15-7-5-8-16-45)47-27-23-43(24-28-47)44-25-29-48(30-26-44)66(60-63-41(3)36-42(4)64-60)50-32-34-54-52-20-12-14-22-56(52)68(58(54)38-50)46-17-9-6-10-18-46/h5-38H,1-4H3. The molecule has 326 valence electrons. The van der Waals surface area contributed by atoms with Crippen LogP contribution in [0.1, 0.15) is 22.8 Å². The topological polar surface area (TPSA) is 67.9 Å². The number of aromatic nitrogens is 6. The van der Waals surface area contributed by atoms with E-state index in [4.69, 9.17) is 19.9 Å². The highest BCUT2D eigenvalue weighted by atomic mass is 15.3. The largest absolute Gasteiger partial charge is 0.309 e. The third kappa shape index (κ3) is 7.11. The van der Waals surface area contributed by atoms with Gasteiger partial charge in [-0.25, -0.2) is 19.9 Å². The maximum Gasteiger partial charge on any atom is 0.235 e. The van der Waals surface area contributed by atoms with Crippen molar-refractivity contribution in [2.45, 2.75) is 27.7 Å². The first-order valence-corrected chi connectivity index (χ1v) is 23.0. The van der Waals surface area contributed by atoms with E-state index in [2.05, 4.69) is 213 Å². The Balaban J connectivity index is 0.939. The third-order valence-corrected chi connectivity index (χ3v) is 12.8. The average molecular weight is 879 g/mol. The van der Waals surface area contributed by atoms with Crippen LogP contribution in [-0.4, -0.2) is 29.1 Å². The lowest BCUT2D eigenvalue weighted by Crippen LogP contribution is -2.14. The zero-order valence-electron chi connectivity index (χ0n) is 38.2.